The third-order valence-corrected chi connectivity index (χ3v) is 11.1. The summed E-state index contributed by atoms with van der Waals surface area (Å²) >= 11 is 1.88. The summed E-state index contributed by atoms with van der Waals surface area (Å²) in [7, 11) is 0. The van der Waals surface area contributed by atoms with E-state index in [2.05, 4.69) is 176 Å². The second-order valence-electron chi connectivity index (χ2n) is 12.7. The van der Waals surface area contributed by atoms with Gasteiger partial charge in [-0.2, -0.15) is 0 Å². The van der Waals surface area contributed by atoms with Gasteiger partial charge in [0, 0.05) is 42.1 Å². The fourth-order valence-electron chi connectivity index (χ4n) is 7.44. The highest BCUT2D eigenvalue weighted by Gasteiger charge is 2.16. The second kappa shape index (κ2) is 11.3. The van der Waals surface area contributed by atoms with Gasteiger partial charge < -0.3 is 0 Å². The van der Waals surface area contributed by atoms with E-state index in [1.165, 1.54) is 80.5 Å². The first-order valence-electron chi connectivity index (χ1n) is 16.7. The normalized spacial score (nSPS) is 11.7. The van der Waals surface area contributed by atoms with Crippen LogP contribution in [0.15, 0.2) is 176 Å². The minimum absolute atomic E-state index is 0.984. The molecule has 0 atom stereocenters. The lowest BCUT2D eigenvalue weighted by atomic mass is 9.94. The SMILES string of the molecule is c1ccc(-c2ccc3sc4c(-c5ccc(-c6ccc7c8ccccc8c8ccccc8c7n6)cc5)cc(-c5ccccc5)cc4c3c2)cc1. The summed E-state index contributed by atoms with van der Waals surface area (Å²) in [5.74, 6) is 0. The average molecular weight is 640 g/mol. The van der Waals surface area contributed by atoms with Crippen molar-refractivity contribution in [2.24, 2.45) is 0 Å². The highest BCUT2D eigenvalue weighted by Crippen LogP contribution is 2.44. The first-order chi connectivity index (χ1) is 24.3. The number of fused-ring (bicyclic) bond motifs is 9. The zero-order chi connectivity index (χ0) is 32.3. The van der Waals surface area contributed by atoms with Crippen molar-refractivity contribution in [1.82, 2.24) is 4.98 Å². The lowest BCUT2D eigenvalue weighted by molar-refractivity contribution is 1.41. The van der Waals surface area contributed by atoms with Crippen molar-refractivity contribution >= 4 is 64.0 Å². The van der Waals surface area contributed by atoms with Gasteiger partial charge in [0.15, 0.2) is 0 Å². The zero-order valence-corrected chi connectivity index (χ0v) is 27.4. The maximum absolute atomic E-state index is 5.29. The topological polar surface area (TPSA) is 12.9 Å². The Balaban J connectivity index is 1.13. The van der Waals surface area contributed by atoms with Gasteiger partial charge >= 0.3 is 0 Å². The number of hydrogen-bond acceptors (Lipinski definition) is 2. The van der Waals surface area contributed by atoms with Crippen LogP contribution in [0.3, 0.4) is 0 Å². The third-order valence-electron chi connectivity index (χ3n) is 9.86. The molecule has 0 spiro atoms. The Labute approximate surface area is 288 Å². The molecule has 10 rings (SSSR count). The van der Waals surface area contributed by atoms with E-state index in [1.54, 1.807) is 0 Å². The lowest BCUT2D eigenvalue weighted by Crippen LogP contribution is -1.89. The first kappa shape index (κ1) is 28.0. The quantitative estimate of drug-likeness (QED) is 0.175. The summed E-state index contributed by atoms with van der Waals surface area (Å²) < 4.78 is 2.62. The molecule has 0 N–H and O–H groups in total. The van der Waals surface area contributed by atoms with Crippen molar-refractivity contribution in [3.63, 3.8) is 0 Å². The number of benzene rings is 8. The van der Waals surface area contributed by atoms with Crippen molar-refractivity contribution in [3.8, 4) is 44.6 Å². The van der Waals surface area contributed by atoms with Crippen LogP contribution in [-0.2, 0) is 0 Å². The number of rotatable bonds is 4. The summed E-state index contributed by atoms with van der Waals surface area (Å²) in [6.07, 6.45) is 0. The molecule has 2 heteroatoms. The molecular formula is C47H29NS. The molecule has 228 valence electrons. The van der Waals surface area contributed by atoms with Crippen molar-refractivity contribution in [2.45, 2.75) is 0 Å². The zero-order valence-electron chi connectivity index (χ0n) is 26.6. The summed E-state index contributed by atoms with van der Waals surface area (Å²) in [6.45, 7) is 0. The predicted octanol–water partition coefficient (Wildman–Crippen LogP) is 13.6. The van der Waals surface area contributed by atoms with Gasteiger partial charge in [-0.1, -0.05) is 140 Å². The van der Waals surface area contributed by atoms with Crippen LogP contribution >= 0.6 is 11.3 Å². The van der Waals surface area contributed by atoms with Gasteiger partial charge in [-0.25, -0.2) is 4.98 Å². The van der Waals surface area contributed by atoms with Crippen LogP contribution < -0.4 is 0 Å². The smallest absolute Gasteiger partial charge is 0.0794 e. The van der Waals surface area contributed by atoms with Crippen LogP contribution in [0.25, 0.3) is 97.3 Å². The number of nitrogens with zero attached hydrogens (tertiary/aromatic N) is 1. The van der Waals surface area contributed by atoms with Crippen molar-refractivity contribution in [3.05, 3.63) is 176 Å². The Morgan fingerprint density at radius 3 is 1.55 bits per heavy atom. The highest BCUT2D eigenvalue weighted by molar-refractivity contribution is 7.26. The van der Waals surface area contributed by atoms with Crippen LogP contribution in [-0.4, -0.2) is 4.98 Å². The van der Waals surface area contributed by atoms with Crippen LogP contribution in [0.2, 0.25) is 0 Å². The van der Waals surface area contributed by atoms with Gasteiger partial charge in [0.25, 0.3) is 0 Å². The fraction of sp³-hybridized carbons (Fsp3) is 0. The van der Waals surface area contributed by atoms with Crippen molar-refractivity contribution in [1.29, 1.82) is 0 Å². The summed E-state index contributed by atoms with van der Waals surface area (Å²) in [6, 6.07) is 63.8. The Kier molecular flexibility index (Phi) is 6.43. The largest absolute Gasteiger partial charge is 0.247 e. The molecular weight excluding hydrogens is 611 g/mol. The van der Waals surface area contributed by atoms with Gasteiger partial charge in [-0.15, -0.1) is 11.3 Å². The van der Waals surface area contributed by atoms with E-state index in [1.807, 2.05) is 11.3 Å². The second-order valence-corrected chi connectivity index (χ2v) is 13.8. The van der Waals surface area contributed by atoms with Gasteiger partial charge in [-0.3, -0.25) is 0 Å². The van der Waals surface area contributed by atoms with Gasteiger partial charge in [-0.05, 0) is 80.4 Å². The van der Waals surface area contributed by atoms with Crippen molar-refractivity contribution < 1.29 is 0 Å². The van der Waals surface area contributed by atoms with Gasteiger partial charge in [0.2, 0.25) is 0 Å². The molecule has 8 aromatic carbocycles. The van der Waals surface area contributed by atoms with E-state index in [0.29, 0.717) is 0 Å². The number of thiophene rings is 1. The molecule has 0 fully saturated rings. The van der Waals surface area contributed by atoms with E-state index in [0.717, 1.165) is 16.8 Å². The average Bonchev–Trinajstić information content (AvgIpc) is 3.56. The van der Waals surface area contributed by atoms with Crippen LogP contribution in [0.1, 0.15) is 0 Å². The number of hydrogen-bond donors (Lipinski definition) is 0. The molecule has 2 aromatic heterocycles. The minimum atomic E-state index is 0.984. The Morgan fingerprint density at radius 1 is 0.327 bits per heavy atom. The molecule has 0 bridgehead atoms. The Bertz CT molecular complexity index is 2810. The molecule has 0 aliphatic carbocycles. The highest BCUT2D eigenvalue weighted by atomic mass is 32.1. The van der Waals surface area contributed by atoms with Crippen molar-refractivity contribution in [2.75, 3.05) is 0 Å². The molecule has 0 amide bonds. The van der Waals surface area contributed by atoms with E-state index in [-0.39, 0.29) is 0 Å². The van der Waals surface area contributed by atoms with Crippen LogP contribution in [0, 0.1) is 0 Å². The minimum Gasteiger partial charge on any atom is -0.247 e. The van der Waals surface area contributed by atoms with E-state index in [9.17, 15) is 0 Å². The van der Waals surface area contributed by atoms with E-state index < -0.39 is 0 Å². The molecule has 0 saturated heterocycles. The Hall–Kier alpha value is -6.09. The van der Waals surface area contributed by atoms with Gasteiger partial charge in [0.05, 0.1) is 11.2 Å². The van der Waals surface area contributed by atoms with Gasteiger partial charge in [0.1, 0.15) is 0 Å². The molecule has 0 aliphatic heterocycles. The number of aromatic nitrogens is 1. The summed E-state index contributed by atoms with van der Waals surface area (Å²) in [5.41, 5.74) is 10.5. The molecule has 0 aliphatic rings. The van der Waals surface area contributed by atoms with E-state index >= 15 is 0 Å². The maximum Gasteiger partial charge on any atom is 0.0794 e. The summed E-state index contributed by atoms with van der Waals surface area (Å²) in [4.78, 5) is 5.29. The molecule has 0 unspecified atom stereocenters. The molecule has 2 heterocycles. The molecule has 1 nitrogen and oxygen atoms in total. The fourth-order valence-corrected chi connectivity index (χ4v) is 8.64. The predicted molar refractivity (Wildman–Crippen MR) is 211 cm³/mol. The molecule has 49 heavy (non-hydrogen) atoms. The molecule has 10 aromatic rings. The summed E-state index contributed by atoms with van der Waals surface area (Å²) in [5, 5.41) is 8.74. The third kappa shape index (κ3) is 4.64. The molecule has 0 saturated carbocycles. The lowest BCUT2D eigenvalue weighted by Gasteiger charge is -2.12. The van der Waals surface area contributed by atoms with Crippen LogP contribution in [0.4, 0.5) is 0 Å². The first-order valence-corrected chi connectivity index (χ1v) is 17.5. The monoisotopic (exact) mass is 639 g/mol. The van der Waals surface area contributed by atoms with Crippen LogP contribution in [0.5, 0.6) is 0 Å². The maximum atomic E-state index is 5.29. The van der Waals surface area contributed by atoms with E-state index in [4.69, 9.17) is 4.98 Å². The standard InChI is InChI=1S/C47H29NS/c1-3-11-30(12-4-1)34-23-26-45-42(27-34)43-29-35(31-13-5-2-6-14-31)28-41(47(43)49-45)32-19-21-33(22-20-32)44-25-24-40-38-17-8-7-15-36(38)37-16-9-10-18-39(37)46(40)48-44/h1-29H. The Morgan fingerprint density at radius 2 is 0.857 bits per heavy atom. The number of pyridine rings is 1. The molecule has 0 radical (unpaired) electrons.